The fraction of sp³-hybridized carbons (Fsp3) is 0.143. The van der Waals surface area contributed by atoms with E-state index in [1.165, 1.54) is 6.33 Å². The van der Waals surface area contributed by atoms with Crippen LogP contribution in [0, 0.1) is 0 Å². The van der Waals surface area contributed by atoms with Gasteiger partial charge in [-0.25, -0.2) is 18.4 Å². The Morgan fingerprint density at radius 2 is 1.69 bits per heavy atom. The van der Waals surface area contributed by atoms with Crippen molar-refractivity contribution >= 4 is 38.3 Å². The highest BCUT2D eigenvalue weighted by Crippen LogP contribution is 2.35. The minimum atomic E-state index is -3.63. The number of nitrogens with one attached hydrogen (secondary N) is 1. The minimum absolute atomic E-state index is 0.203. The first-order chi connectivity index (χ1) is 13.9. The van der Waals surface area contributed by atoms with Gasteiger partial charge in [-0.3, -0.25) is 4.72 Å². The summed E-state index contributed by atoms with van der Waals surface area (Å²) in [5.74, 6) is 0. The lowest BCUT2D eigenvalue weighted by Crippen LogP contribution is -2.12. The van der Waals surface area contributed by atoms with Crippen LogP contribution >= 0.6 is 11.6 Å². The van der Waals surface area contributed by atoms with E-state index in [1.807, 2.05) is 22.9 Å². The minimum Gasteiger partial charge on any atom is -0.329 e. The number of halogens is 1. The van der Waals surface area contributed by atoms with Crippen molar-refractivity contribution in [2.45, 2.75) is 24.8 Å². The molecular weight excluding hydrogens is 408 g/mol. The first kappa shape index (κ1) is 19.4. The molecule has 0 unspecified atom stereocenters. The molecule has 0 spiro atoms. The third-order valence-electron chi connectivity index (χ3n) is 4.62. The van der Waals surface area contributed by atoms with Crippen molar-refractivity contribution in [2.24, 2.45) is 0 Å². The molecule has 29 heavy (non-hydrogen) atoms. The lowest BCUT2D eigenvalue weighted by Gasteiger charge is -2.09. The molecule has 0 saturated carbocycles. The van der Waals surface area contributed by atoms with Crippen molar-refractivity contribution in [3.8, 4) is 11.1 Å². The SMILES string of the molecule is CC(C)n1cc(-c2ccc(NS(=O)(=O)c3ccccc3)cc2)c2c(Cl)ncnc21. The number of benzene rings is 2. The fourth-order valence-electron chi connectivity index (χ4n) is 3.19. The van der Waals surface area contributed by atoms with Crippen molar-refractivity contribution in [3.05, 3.63) is 72.3 Å². The molecule has 2 heterocycles. The van der Waals surface area contributed by atoms with Crippen molar-refractivity contribution in [1.29, 1.82) is 0 Å². The summed E-state index contributed by atoms with van der Waals surface area (Å²) in [5, 5.41) is 1.17. The topological polar surface area (TPSA) is 76.9 Å². The van der Waals surface area contributed by atoms with Crippen LogP contribution in [0.4, 0.5) is 5.69 Å². The van der Waals surface area contributed by atoms with E-state index < -0.39 is 10.0 Å². The summed E-state index contributed by atoms with van der Waals surface area (Å²) < 4.78 is 29.7. The van der Waals surface area contributed by atoms with Crippen molar-refractivity contribution in [1.82, 2.24) is 14.5 Å². The number of sulfonamides is 1. The van der Waals surface area contributed by atoms with Crippen LogP contribution in [0.15, 0.2) is 72.0 Å². The zero-order valence-corrected chi connectivity index (χ0v) is 17.4. The van der Waals surface area contributed by atoms with Crippen molar-refractivity contribution < 1.29 is 8.42 Å². The molecular formula is C21H19ClN4O2S. The Bertz CT molecular complexity index is 1270. The molecule has 0 atom stereocenters. The first-order valence-electron chi connectivity index (χ1n) is 9.06. The summed E-state index contributed by atoms with van der Waals surface area (Å²) >= 11 is 6.36. The Balaban J connectivity index is 1.71. The van der Waals surface area contributed by atoms with Crippen LogP contribution in [0.3, 0.4) is 0 Å². The number of hydrogen-bond acceptors (Lipinski definition) is 4. The highest BCUT2D eigenvalue weighted by molar-refractivity contribution is 7.92. The number of hydrogen-bond donors (Lipinski definition) is 1. The second-order valence-electron chi connectivity index (χ2n) is 6.90. The molecule has 4 rings (SSSR count). The predicted octanol–water partition coefficient (Wildman–Crippen LogP) is 5.13. The molecule has 0 aliphatic heterocycles. The molecule has 4 aromatic rings. The Labute approximate surface area is 174 Å². The van der Waals surface area contributed by atoms with Crippen LogP contribution in [0.5, 0.6) is 0 Å². The van der Waals surface area contributed by atoms with Gasteiger partial charge < -0.3 is 4.57 Å². The molecule has 0 bridgehead atoms. The summed E-state index contributed by atoms with van der Waals surface area (Å²) in [6, 6.07) is 15.6. The maximum atomic E-state index is 12.5. The maximum absolute atomic E-state index is 12.5. The lowest BCUT2D eigenvalue weighted by atomic mass is 10.1. The van der Waals surface area contributed by atoms with E-state index in [1.54, 1.807) is 42.5 Å². The molecule has 6 nitrogen and oxygen atoms in total. The monoisotopic (exact) mass is 426 g/mol. The molecule has 8 heteroatoms. The number of fused-ring (bicyclic) bond motifs is 1. The Morgan fingerprint density at radius 1 is 1.00 bits per heavy atom. The van der Waals surface area contributed by atoms with E-state index in [0.717, 1.165) is 22.2 Å². The number of nitrogens with zero attached hydrogens (tertiary/aromatic N) is 3. The summed E-state index contributed by atoms with van der Waals surface area (Å²) in [4.78, 5) is 8.72. The van der Waals surface area contributed by atoms with Crippen molar-refractivity contribution in [2.75, 3.05) is 4.72 Å². The van der Waals surface area contributed by atoms with Crippen LogP contribution in [0.1, 0.15) is 19.9 Å². The zero-order valence-electron chi connectivity index (χ0n) is 15.9. The van der Waals surface area contributed by atoms with Gasteiger partial charge in [-0.05, 0) is 43.7 Å². The molecule has 1 N–H and O–H groups in total. The van der Waals surface area contributed by atoms with Gasteiger partial charge in [0.1, 0.15) is 17.1 Å². The molecule has 0 saturated heterocycles. The van der Waals surface area contributed by atoms with Crippen LogP contribution in [-0.4, -0.2) is 23.0 Å². The maximum Gasteiger partial charge on any atom is 0.261 e. The van der Waals surface area contributed by atoms with E-state index in [0.29, 0.717) is 10.8 Å². The van der Waals surface area contributed by atoms with Gasteiger partial charge in [0.2, 0.25) is 0 Å². The van der Waals surface area contributed by atoms with Crippen LogP contribution in [0.25, 0.3) is 22.2 Å². The van der Waals surface area contributed by atoms with Crippen LogP contribution in [0.2, 0.25) is 5.15 Å². The molecule has 2 aromatic carbocycles. The van der Waals surface area contributed by atoms with E-state index in [2.05, 4.69) is 28.5 Å². The normalized spacial score (nSPS) is 11.9. The van der Waals surface area contributed by atoms with Gasteiger partial charge in [-0.2, -0.15) is 0 Å². The summed E-state index contributed by atoms with van der Waals surface area (Å²) in [5.41, 5.74) is 3.04. The highest BCUT2D eigenvalue weighted by Gasteiger charge is 2.17. The van der Waals surface area contributed by atoms with E-state index in [-0.39, 0.29) is 10.9 Å². The standard InChI is InChI=1S/C21H19ClN4O2S/c1-14(2)26-12-18(19-20(22)23-13-24-21(19)26)15-8-10-16(11-9-15)25-29(27,28)17-6-4-3-5-7-17/h3-14,25H,1-2H3. The molecule has 0 fully saturated rings. The van der Waals surface area contributed by atoms with E-state index >= 15 is 0 Å². The predicted molar refractivity (Wildman–Crippen MR) is 116 cm³/mol. The Hall–Kier alpha value is -2.90. The molecule has 0 amide bonds. The summed E-state index contributed by atoms with van der Waals surface area (Å²) in [6.07, 6.45) is 3.45. The Morgan fingerprint density at radius 3 is 2.34 bits per heavy atom. The van der Waals surface area contributed by atoms with Gasteiger partial charge in [-0.15, -0.1) is 0 Å². The fourth-order valence-corrected chi connectivity index (χ4v) is 4.50. The molecule has 2 aromatic heterocycles. The van der Waals surface area contributed by atoms with Gasteiger partial charge in [0.25, 0.3) is 10.0 Å². The van der Waals surface area contributed by atoms with Gasteiger partial charge in [0.15, 0.2) is 0 Å². The second-order valence-corrected chi connectivity index (χ2v) is 8.94. The molecule has 0 aliphatic carbocycles. The third kappa shape index (κ3) is 3.71. The summed E-state index contributed by atoms with van der Waals surface area (Å²) in [7, 11) is -3.63. The second kappa shape index (κ2) is 7.50. The first-order valence-corrected chi connectivity index (χ1v) is 10.9. The van der Waals surface area contributed by atoms with E-state index in [9.17, 15) is 8.42 Å². The third-order valence-corrected chi connectivity index (χ3v) is 6.30. The average molecular weight is 427 g/mol. The van der Waals surface area contributed by atoms with Crippen molar-refractivity contribution in [3.63, 3.8) is 0 Å². The summed E-state index contributed by atoms with van der Waals surface area (Å²) in [6.45, 7) is 4.14. The number of aromatic nitrogens is 3. The molecule has 0 radical (unpaired) electrons. The molecule has 148 valence electrons. The highest BCUT2D eigenvalue weighted by atomic mass is 35.5. The quantitative estimate of drug-likeness (QED) is 0.448. The number of anilines is 1. The van der Waals surface area contributed by atoms with Gasteiger partial charge in [-0.1, -0.05) is 41.9 Å². The van der Waals surface area contributed by atoms with E-state index in [4.69, 9.17) is 11.6 Å². The largest absolute Gasteiger partial charge is 0.329 e. The van der Waals surface area contributed by atoms with Gasteiger partial charge >= 0.3 is 0 Å². The Kier molecular flexibility index (Phi) is 5.02. The molecule has 0 aliphatic rings. The van der Waals surface area contributed by atoms with Gasteiger partial charge in [0, 0.05) is 23.5 Å². The van der Waals surface area contributed by atoms with Crippen LogP contribution in [-0.2, 0) is 10.0 Å². The average Bonchev–Trinajstić information content (AvgIpc) is 3.10. The van der Waals surface area contributed by atoms with Crippen LogP contribution < -0.4 is 4.72 Å². The lowest BCUT2D eigenvalue weighted by molar-refractivity contribution is 0.601. The number of rotatable bonds is 5. The van der Waals surface area contributed by atoms with Gasteiger partial charge in [0.05, 0.1) is 10.3 Å². The zero-order chi connectivity index (χ0) is 20.6. The smallest absolute Gasteiger partial charge is 0.261 e.